The molecule has 3 aromatic rings. The molecular weight excluding hydrogens is 320 g/mol. The van der Waals surface area contributed by atoms with Gasteiger partial charge in [0.25, 0.3) is 0 Å². The Kier molecular flexibility index (Phi) is 2.41. The Labute approximate surface area is 122 Å². The van der Waals surface area contributed by atoms with E-state index in [0.29, 0.717) is 17.4 Å². The first-order valence-electron chi connectivity index (χ1n) is 6.25. The van der Waals surface area contributed by atoms with Crippen LogP contribution in [0, 0.1) is 11.3 Å². The van der Waals surface area contributed by atoms with E-state index in [0.717, 1.165) is 16.0 Å². The lowest BCUT2D eigenvalue weighted by atomic mass is 10.3. The summed E-state index contributed by atoms with van der Waals surface area (Å²) in [5.41, 5.74) is 2.82. The molecule has 0 atom stereocenters. The molecule has 98 valence electrons. The molecule has 0 aromatic carbocycles. The van der Waals surface area contributed by atoms with Crippen molar-refractivity contribution in [2.75, 3.05) is 0 Å². The molecule has 3 aromatic heterocycles. The number of nitriles is 1. The fourth-order valence-electron chi connectivity index (χ4n) is 2.28. The highest BCUT2D eigenvalue weighted by atomic mass is 79.9. The van der Waals surface area contributed by atoms with Gasteiger partial charge in [-0.2, -0.15) is 10.4 Å². The largest absolute Gasteiger partial charge is 0.325 e. The van der Waals surface area contributed by atoms with Gasteiger partial charge in [-0.1, -0.05) is 0 Å². The van der Waals surface area contributed by atoms with Crippen LogP contribution in [0.15, 0.2) is 29.3 Å². The van der Waals surface area contributed by atoms with Gasteiger partial charge in [-0.15, -0.1) is 0 Å². The molecule has 0 amide bonds. The van der Waals surface area contributed by atoms with E-state index in [9.17, 15) is 0 Å². The second-order valence-electron chi connectivity index (χ2n) is 4.77. The minimum atomic E-state index is 0.426. The van der Waals surface area contributed by atoms with Gasteiger partial charge in [-0.05, 0) is 40.9 Å². The van der Waals surface area contributed by atoms with Gasteiger partial charge in [0.15, 0.2) is 11.3 Å². The van der Waals surface area contributed by atoms with E-state index in [1.54, 1.807) is 4.52 Å². The first-order chi connectivity index (χ1) is 9.78. The summed E-state index contributed by atoms with van der Waals surface area (Å²) in [6.45, 7) is 0. The Morgan fingerprint density at radius 1 is 1.30 bits per heavy atom. The Morgan fingerprint density at radius 2 is 2.15 bits per heavy atom. The molecule has 1 saturated carbocycles. The summed E-state index contributed by atoms with van der Waals surface area (Å²) in [7, 11) is 0. The molecule has 1 aliphatic rings. The average molecular weight is 329 g/mol. The van der Waals surface area contributed by atoms with Gasteiger partial charge in [0.1, 0.15) is 22.1 Å². The zero-order valence-corrected chi connectivity index (χ0v) is 11.9. The fourth-order valence-corrected chi connectivity index (χ4v) is 2.78. The van der Waals surface area contributed by atoms with Crippen molar-refractivity contribution < 1.29 is 0 Å². The molecule has 4 rings (SSSR count). The second-order valence-corrected chi connectivity index (χ2v) is 5.52. The normalized spacial score (nSPS) is 14.6. The number of halogens is 1. The van der Waals surface area contributed by atoms with Crippen molar-refractivity contribution in [2.24, 2.45) is 0 Å². The molecule has 0 spiro atoms. The van der Waals surface area contributed by atoms with Crippen LogP contribution in [0.5, 0.6) is 0 Å². The lowest BCUT2D eigenvalue weighted by Crippen LogP contribution is -2.01. The van der Waals surface area contributed by atoms with Gasteiger partial charge in [0.05, 0.1) is 12.5 Å². The quantitative estimate of drug-likeness (QED) is 0.724. The molecule has 0 aliphatic heterocycles. The minimum absolute atomic E-state index is 0.426. The fraction of sp³-hybridized carbons (Fsp3) is 0.231. The van der Waals surface area contributed by atoms with Gasteiger partial charge in [0, 0.05) is 6.04 Å². The minimum Gasteiger partial charge on any atom is -0.325 e. The summed E-state index contributed by atoms with van der Waals surface area (Å²) < 4.78 is 4.47. The van der Waals surface area contributed by atoms with Crippen LogP contribution >= 0.6 is 15.9 Å². The van der Waals surface area contributed by atoms with Crippen molar-refractivity contribution in [3.8, 4) is 17.5 Å². The summed E-state index contributed by atoms with van der Waals surface area (Å²) in [5.74, 6) is 0. The first kappa shape index (κ1) is 11.6. The van der Waals surface area contributed by atoms with Crippen LogP contribution in [0.3, 0.4) is 0 Å². The van der Waals surface area contributed by atoms with Gasteiger partial charge in [-0.25, -0.2) is 14.5 Å². The molecule has 0 saturated heterocycles. The van der Waals surface area contributed by atoms with Crippen molar-refractivity contribution in [1.29, 1.82) is 5.26 Å². The summed E-state index contributed by atoms with van der Waals surface area (Å²) in [6.07, 6.45) is 5.71. The predicted octanol–water partition coefficient (Wildman–Crippen LogP) is 2.56. The third-order valence-corrected chi connectivity index (χ3v) is 3.99. The highest BCUT2D eigenvalue weighted by Gasteiger charge is 2.28. The SMILES string of the molecule is N#Cc1cnc2ccc(-c3c(Br)ncn3C3CC3)nn12. The van der Waals surface area contributed by atoms with Crippen molar-refractivity contribution >= 4 is 21.6 Å². The molecular formula is C13H9BrN6. The van der Waals surface area contributed by atoms with Crippen molar-refractivity contribution in [1.82, 2.24) is 24.1 Å². The second kappa shape index (κ2) is 4.15. The molecule has 3 heterocycles. The maximum atomic E-state index is 9.08. The number of aromatic nitrogens is 5. The standard InChI is InChI=1S/C13H9BrN6/c14-13-12(19(7-17-13)8-1-2-8)10-3-4-11-16-6-9(5-15)20(11)18-10/h3-4,6-8H,1-2H2. The topological polar surface area (TPSA) is 71.8 Å². The van der Waals surface area contributed by atoms with Crippen LogP contribution in [-0.4, -0.2) is 24.1 Å². The lowest BCUT2D eigenvalue weighted by Gasteiger charge is -2.07. The molecule has 0 N–H and O–H groups in total. The maximum absolute atomic E-state index is 9.08. The van der Waals surface area contributed by atoms with Crippen molar-refractivity contribution in [2.45, 2.75) is 18.9 Å². The average Bonchev–Trinajstić information content (AvgIpc) is 3.11. The van der Waals surface area contributed by atoms with Crippen LogP contribution in [0.4, 0.5) is 0 Å². The van der Waals surface area contributed by atoms with E-state index in [2.05, 4.69) is 41.6 Å². The van der Waals surface area contributed by atoms with E-state index >= 15 is 0 Å². The third-order valence-electron chi connectivity index (χ3n) is 3.41. The number of hydrogen-bond acceptors (Lipinski definition) is 4. The van der Waals surface area contributed by atoms with E-state index in [-0.39, 0.29) is 0 Å². The molecule has 20 heavy (non-hydrogen) atoms. The number of nitrogens with zero attached hydrogens (tertiary/aromatic N) is 6. The summed E-state index contributed by atoms with van der Waals surface area (Å²) in [4.78, 5) is 8.46. The molecule has 6 nitrogen and oxygen atoms in total. The molecule has 0 unspecified atom stereocenters. The van der Waals surface area contributed by atoms with Crippen LogP contribution in [0.1, 0.15) is 24.6 Å². The number of rotatable bonds is 2. The van der Waals surface area contributed by atoms with Gasteiger partial charge < -0.3 is 4.57 Å². The predicted molar refractivity (Wildman–Crippen MR) is 74.9 cm³/mol. The lowest BCUT2D eigenvalue weighted by molar-refractivity contribution is 0.742. The summed E-state index contributed by atoms with van der Waals surface area (Å²) >= 11 is 3.48. The van der Waals surface area contributed by atoms with E-state index in [4.69, 9.17) is 5.26 Å². The highest BCUT2D eigenvalue weighted by molar-refractivity contribution is 9.10. The Hall–Kier alpha value is -2.20. The van der Waals surface area contributed by atoms with Crippen LogP contribution in [-0.2, 0) is 0 Å². The molecule has 1 aliphatic carbocycles. The first-order valence-corrected chi connectivity index (χ1v) is 7.05. The number of hydrogen-bond donors (Lipinski definition) is 0. The van der Waals surface area contributed by atoms with Crippen LogP contribution < -0.4 is 0 Å². The summed E-state index contributed by atoms with van der Waals surface area (Å²) in [6, 6.07) is 6.37. The highest BCUT2D eigenvalue weighted by Crippen LogP contribution is 2.40. The Balaban J connectivity index is 1.94. The Morgan fingerprint density at radius 3 is 2.90 bits per heavy atom. The zero-order valence-electron chi connectivity index (χ0n) is 10.4. The number of imidazole rings is 2. The molecule has 0 bridgehead atoms. The molecule has 0 radical (unpaired) electrons. The van der Waals surface area contributed by atoms with E-state index < -0.39 is 0 Å². The molecule has 1 fully saturated rings. The van der Waals surface area contributed by atoms with E-state index in [1.165, 1.54) is 19.0 Å². The van der Waals surface area contributed by atoms with Crippen LogP contribution in [0.2, 0.25) is 0 Å². The van der Waals surface area contributed by atoms with E-state index in [1.807, 2.05) is 18.5 Å². The Bertz CT molecular complexity index is 851. The zero-order chi connectivity index (χ0) is 13.7. The van der Waals surface area contributed by atoms with Crippen LogP contribution in [0.25, 0.3) is 17.0 Å². The third kappa shape index (κ3) is 1.65. The smallest absolute Gasteiger partial charge is 0.162 e. The monoisotopic (exact) mass is 328 g/mol. The van der Waals surface area contributed by atoms with Gasteiger partial charge in [-0.3, -0.25) is 0 Å². The number of fused-ring (bicyclic) bond motifs is 1. The summed E-state index contributed by atoms with van der Waals surface area (Å²) in [5, 5.41) is 13.6. The maximum Gasteiger partial charge on any atom is 0.162 e. The van der Waals surface area contributed by atoms with Crippen molar-refractivity contribution in [3.63, 3.8) is 0 Å². The van der Waals surface area contributed by atoms with Crippen molar-refractivity contribution in [3.05, 3.63) is 35.0 Å². The van der Waals surface area contributed by atoms with Gasteiger partial charge in [0.2, 0.25) is 0 Å². The molecule has 7 heteroatoms. The van der Waals surface area contributed by atoms with Gasteiger partial charge >= 0.3 is 0 Å².